The highest BCUT2D eigenvalue weighted by Crippen LogP contribution is 2.40. The van der Waals surface area contributed by atoms with Gasteiger partial charge in [0.1, 0.15) is 30.5 Å². The van der Waals surface area contributed by atoms with Gasteiger partial charge in [-0.25, -0.2) is 9.69 Å². The van der Waals surface area contributed by atoms with Gasteiger partial charge in [-0.1, -0.05) is 90.3 Å². The zero-order valence-corrected chi connectivity index (χ0v) is 44.6. The SMILES string of the molecule is C=CO[C@H](C[C@@H](O[Si](C)(C)C(C)(C)C)[C@@H](C)[C@@H](C)OCc1ccccc1)[C@H](OCc1ccc(OC)c(OC)c1)C(=O)N(C(=O)OCC[Si](C)(C)C)[C@@H]1O[C@H](COC)[C@@H](OC)[C@H](OC)[C@H]1OC. The zero-order valence-electron chi connectivity index (χ0n) is 42.6. The smallest absolute Gasteiger partial charge is 0.418 e. The molecule has 0 N–H and O–H groups in total. The normalized spacial score (nSPS) is 21.5. The van der Waals surface area contributed by atoms with Crippen LogP contribution in [0.3, 0.4) is 0 Å². The maximum absolute atomic E-state index is 15.8. The molecule has 2 aromatic carbocycles. The van der Waals surface area contributed by atoms with E-state index in [0.717, 1.165) is 10.5 Å². The van der Waals surface area contributed by atoms with Crippen molar-refractivity contribution in [2.75, 3.05) is 55.9 Å². The van der Waals surface area contributed by atoms with Gasteiger partial charge < -0.3 is 56.5 Å². The summed E-state index contributed by atoms with van der Waals surface area (Å²) in [6, 6.07) is 15.9. The van der Waals surface area contributed by atoms with Crippen molar-refractivity contribution in [1.29, 1.82) is 0 Å². The lowest BCUT2D eigenvalue weighted by molar-refractivity contribution is -0.275. The standard InChI is InChI=1S/C49H81NO14Si2/c1-18-59-40(29-38(64-66(16,17)49(4,5)6)33(2)34(3)61-30-35-22-20-19-21-23-35)43(62-31-36-24-25-37(54-8)39(28-36)55-9)46(51)50(48(52)60-26-27-65(13,14)15)47-45(58-12)44(57-11)42(56-10)41(63-47)32-53-7/h18-25,28,33-34,38,40-45,47H,1,26-27,29-32H2,2-17H3/t33-,34+,38+,40+,41+,42+,43-,44-,45+,47+/m0/s1. The number of amides is 2. The Hall–Kier alpha value is -3.37. The van der Waals surface area contributed by atoms with Crippen LogP contribution in [0.2, 0.25) is 43.8 Å². The maximum atomic E-state index is 15.8. The van der Waals surface area contributed by atoms with E-state index < -0.39 is 77.3 Å². The average molecular weight is 964 g/mol. The molecule has 0 aromatic heterocycles. The third-order valence-corrected chi connectivity index (χ3v) is 18.9. The van der Waals surface area contributed by atoms with E-state index in [1.807, 2.05) is 37.3 Å². The number of hydrogen-bond acceptors (Lipinski definition) is 14. The van der Waals surface area contributed by atoms with E-state index in [2.05, 4.69) is 67.0 Å². The van der Waals surface area contributed by atoms with Crippen molar-refractivity contribution < 1.29 is 66.1 Å². The lowest BCUT2D eigenvalue weighted by Gasteiger charge is -2.47. The van der Waals surface area contributed by atoms with E-state index in [9.17, 15) is 4.79 Å². The van der Waals surface area contributed by atoms with Gasteiger partial charge in [-0.3, -0.25) is 4.79 Å². The third kappa shape index (κ3) is 15.9. The second-order valence-electron chi connectivity index (χ2n) is 19.5. The number of hydrogen-bond donors (Lipinski definition) is 0. The lowest BCUT2D eigenvalue weighted by atomic mass is 9.92. The topological polar surface area (TPSA) is 148 Å². The van der Waals surface area contributed by atoms with Gasteiger partial charge >= 0.3 is 6.09 Å². The van der Waals surface area contributed by atoms with Gasteiger partial charge in [0, 0.05) is 48.9 Å². The summed E-state index contributed by atoms with van der Waals surface area (Å²) in [5, 5.41) is -0.173. The molecule has 374 valence electrons. The highest BCUT2D eigenvalue weighted by molar-refractivity contribution is 6.76. The van der Waals surface area contributed by atoms with Crippen LogP contribution in [0, 0.1) is 5.92 Å². The summed E-state index contributed by atoms with van der Waals surface area (Å²) in [4.78, 5) is 31.5. The molecule has 0 radical (unpaired) electrons. The minimum atomic E-state index is -2.50. The second kappa shape index (κ2) is 26.4. The average Bonchev–Trinajstić information content (AvgIpc) is 3.26. The first-order valence-corrected chi connectivity index (χ1v) is 29.4. The molecule has 1 aliphatic heterocycles. The van der Waals surface area contributed by atoms with Crippen LogP contribution in [0.25, 0.3) is 0 Å². The van der Waals surface area contributed by atoms with E-state index in [-0.39, 0.29) is 43.3 Å². The zero-order chi connectivity index (χ0) is 49.4. The summed E-state index contributed by atoms with van der Waals surface area (Å²) >= 11 is 0. The number of nitrogens with zero attached hydrogens (tertiary/aromatic N) is 1. The molecule has 0 saturated carbocycles. The minimum absolute atomic E-state index is 0.0499. The van der Waals surface area contributed by atoms with Gasteiger partial charge in [-0.2, -0.15) is 0 Å². The fourth-order valence-electron chi connectivity index (χ4n) is 7.45. The highest BCUT2D eigenvalue weighted by Gasteiger charge is 2.54. The molecule has 66 heavy (non-hydrogen) atoms. The predicted molar refractivity (Wildman–Crippen MR) is 259 cm³/mol. The second-order valence-corrected chi connectivity index (χ2v) is 29.9. The quantitative estimate of drug-likeness (QED) is 0.0620. The molecule has 3 rings (SSSR count). The Morgan fingerprint density at radius 2 is 1.42 bits per heavy atom. The molecule has 0 aliphatic carbocycles. The molecule has 1 aliphatic rings. The highest BCUT2D eigenvalue weighted by atomic mass is 28.4. The summed E-state index contributed by atoms with van der Waals surface area (Å²) in [6.45, 7) is 25.8. The Labute approximate surface area is 397 Å². The Morgan fingerprint density at radius 1 is 0.803 bits per heavy atom. The van der Waals surface area contributed by atoms with E-state index in [1.54, 1.807) is 25.3 Å². The van der Waals surface area contributed by atoms with Gasteiger partial charge in [-0.05, 0) is 54.4 Å². The van der Waals surface area contributed by atoms with Gasteiger partial charge in [0.15, 0.2) is 32.1 Å². The molecule has 0 spiro atoms. The van der Waals surface area contributed by atoms with Crippen LogP contribution < -0.4 is 9.47 Å². The van der Waals surface area contributed by atoms with Gasteiger partial charge in [0.25, 0.3) is 5.91 Å². The van der Waals surface area contributed by atoms with E-state index in [4.69, 9.17) is 56.5 Å². The Bertz CT molecular complexity index is 1770. The summed E-state index contributed by atoms with van der Waals surface area (Å²) < 4.78 is 73.9. The van der Waals surface area contributed by atoms with Gasteiger partial charge in [-0.15, -0.1) is 0 Å². The summed E-state index contributed by atoms with van der Waals surface area (Å²) in [6.07, 6.45) is -7.63. The number of benzene rings is 2. The molecule has 2 amide bonds. The van der Waals surface area contributed by atoms with Crippen LogP contribution in [0.4, 0.5) is 4.79 Å². The van der Waals surface area contributed by atoms with Gasteiger partial charge in [0.2, 0.25) is 0 Å². The van der Waals surface area contributed by atoms with Gasteiger partial charge in [0.05, 0.1) is 59.1 Å². The van der Waals surface area contributed by atoms with Crippen molar-refractivity contribution >= 4 is 28.4 Å². The van der Waals surface area contributed by atoms with Crippen LogP contribution in [-0.4, -0.2) is 144 Å². The summed E-state index contributed by atoms with van der Waals surface area (Å²) in [7, 11) is 4.90. The van der Waals surface area contributed by atoms with Crippen molar-refractivity contribution in [2.45, 2.75) is 153 Å². The number of methoxy groups -OCH3 is 6. The largest absolute Gasteiger partial charge is 0.495 e. The van der Waals surface area contributed by atoms with Crippen LogP contribution in [0.15, 0.2) is 61.4 Å². The number of rotatable bonds is 27. The molecule has 17 heteroatoms. The first-order valence-electron chi connectivity index (χ1n) is 22.8. The predicted octanol–water partition coefficient (Wildman–Crippen LogP) is 8.86. The molecule has 2 aromatic rings. The van der Waals surface area contributed by atoms with Crippen LogP contribution in [-0.2, 0) is 65.1 Å². The Morgan fingerprint density at radius 3 is 1.97 bits per heavy atom. The molecular weight excluding hydrogens is 883 g/mol. The molecule has 10 atom stereocenters. The molecule has 1 heterocycles. The van der Waals surface area contributed by atoms with Crippen LogP contribution >= 0.6 is 0 Å². The van der Waals surface area contributed by atoms with E-state index >= 15 is 4.79 Å². The van der Waals surface area contributed by atoms with Crippen molar-refractivity contribution in [3.63, 3.8) is 0 Å². The van der Waals surface area contributed by atoms with Crippen LogP contribution in [0.5, 0.6) is 11.5 Å². The van der Waals surface area contributed by atoms with Crippen molar-refractivity contribution in [1.82, 2.24) is 4.90 Å². The fourth-order valence-corrected chi connectivity index (χ4v) is 9.59. The third-order valence-electron chi connectivity index (χ3n) is 12.7. The first kappa shape index (κ1) is 57.0. The van der Waals surface area contributed by atoms with Crippen molar-refractivity contribution in [3.05, 3.63) is 72.5 Å². The van der Waals surface area contributed by atoms with Crippen molar-refractivity contribution in [3.8, 4) is 11.5 Å². The summed E-state index contributed by atoms with van der Waals surface area (Å²) in [5.41, 5.74) is 1.69. The molecule has 1 fully saturated rings. The fraction of sp³-hybridized carbons (Fsp3) is 0.673. The maximum Gasteiger partial charge on any atom is 0.418 e. The molecule has 1 saturated heterocycles. The first-order chi connectivity index (χ1) is 31.1. The molecule has 0 unspecified atom stereocenters. The monoisotopic (exact) mass is 964 g/mol. The Balaban J connectivity index is 2.27. The Kier molecular flexibility index (Phi) is 22.8. The van der Waals surface area contributed by atoms with E-state index in [0.29, 0.717) is 29.7 Å². The number of carbonyl (C=O) groups is 2. The molecule has 0 bridgehead atoms. The lowest BCUT2D eigenvalue weighted by Crippen LogP contribution is -2.68. The molecule has 15 nitrogen and oxygen atoms in total. The van der Waals surface area contributed by atoms with E-state index in [1.165, 1.54) is 41.8 Å². The molecular formula is C49H81NO14Si2. The number of carbonyl (C=O) groups excluding carboxylic acids is 2. The number of imide groups is 1. The number of ether oxygens (including phenoxy) is 11. The van der Waals surface area contributed by atoms with Crippen molar-refractivity contribution in [2.24, 2.45) is 5.92 Å². The summed E-state index contributed by atoms with van der Waals surface area (Å²) in [5.74, 6) is -0.0350. The van der Waals surface area contributed by atoms with Crippen LogP contribution in [0.1, 0.15) is 52.2 Å². The minimum Gasteiger partial charge on any atom is -0.495 e.